The Hall–Kier alpha value is -1.10. The molecule has 1 N–H and O–H groups in total. The van der Waals surface area contributed by atoms with Crippen molar-refractivity contribution < 1.29 is 22.7 Å². The number of aliphatic hydroxyl groups is 1. The van der Waals surface area contributed by atoms with Gasteiger partial charge in [0.2, 0.25) is 0 Å². The van der Waals surface area contributed by atoms with Crippen LogP contribution in [0.2, 0.25) is 0 Å². The van der Waals surface area contributed by atoms with Crippen LogP contribution in [0.1, 0.15) is 56.3 Å². The Balaban J connectivity index is 2.29. The number of alkyl halides is 3. The zero-order chi connectivity index (χ0) is 15.6. The maximum Gasteiger partial charge on any atom is 0.416 e. The molecule has 1 saturated carbocycles. The van der Waals surface area contributed by atoms with Gasteiger partial charge < -0.3 is 5.11 Å². The molecule has 21 heavy (non-hydrogen) atoms. The van der Waals surface area contributed by atoms with Crippen LogP contribution in [0.15, 0.2) is 18.2 Å². The third kappa shape index (κ3) is 3.76. The lowest BCUT2D eigenvalue weighted by atomic mass is 9.75. The Morgan fingerprint density at radius 1 is 1.29 bits per heavy atom. The van der Waals surface area contributed by atoms with Crippen molar-refractivity contribution in [2.24, 2.45) is 11.8 Å². The van der Waals surface area contributed by atoms with E-state index in [4.69, 9.17) is 0 Å². The van der Waals surface area contributed by atoms with Crippen molar-refractivity contribution in [1.29, 1.82) is 0 Å². The summed E-state index contributed by atoms with van der Waals surface area (Å²) in [5.41, 5.74) is -1.26. The molecule has 3 atom stereocenters. The van der Waals surface area contributed by atoms with E-state index in [0.717, 1.165) is 31.4 Å². The molecule has 1 aliphatic rings. The Morgan fingerprint density at radius 2 is 2.00 bits per heavy atom. The molecule has 118 valence electrons. The maximum absolute atomic E-state index is 13.3. The van der Waals surface area contributed by atoms with Crippen LogP contribution in [-0.2, 0) is 6.18 Å². The molecule has 1 aliphatic carbocycles. The van der Waals surface area contributed by atoms with E-state index < -0.39 is 23.7 Å². The lowest BCUT2D eigenvalue weighted by Gasteiger charge is -2.32. The monoisotopic (exact) mass is 304 g/mol. The lowest BCUT2D eigenvalue weighted by Crippen LogP contribution is -2.23. The average Bonchev–Trinajstić information content (AvgIpc) is 2.45. The highest BCUT2D eigenvalue weighted by Crippen LogP contribution is 2.42. The van der Waals surface area contributed by atoms with E-state index in [1.165, 1.54) is 0 Å². The molecule has 0 spiro atoms. The van der Waals surface area contributed by atoms with Gasteiger partial charge in [0, 0.05) is 0 Å². The summed E-state index contributed by atoms with van der Waals surface area (Å²) in [5.74, 6) is -0.548. The first-order valence-corrected chi connectivity index (χ1v) is 7.37. The minimum atomic E-state index is -4.58. The van der Waals surface area contributed by atoms with Crippen LogP contribution in [0.3, 0.4) is 0 Å². The first-order chi connectivity index (χ1) is 9.82. The van der Waals surface area contributed by atoms with E-state index in [-0.39, 0.29) is 11.5 Å². The predicted octanol–water partition coefficient (Wildman–Crippen LogP) is 5.09. The minimum Gasteiger partial charge on any atom is -0.388 e. The number of hydrogen-bond donors (Lipinski definition) is 1. The Kier molecular flexibility index (Phi) is 4.91. The summed E-state index contributed by atoms with van der Waals surface area (Å²) in [4.78, 5) is 0. The zero-order valence-corrected chi connectivity index (χ0v) is 12.0. The zero-order valence-electron chi connectivity index (χ0n) is 12.0. The van der Waals surface area contributed by atoms with Crippen molar-refractivity contribution in [3.63, 3.8) is 0 Å². The highest BCUT2D eigenvalue weighted by Gasteiger charge is 2.37. The molecule has 0 aliphatic heterocycles. The maximum atomic E-state index is 13.3. The predicted molar refractivity (Wildman–Crippen MR) is 72.1 cm³/mol. The number of hydrogen-bond acceptors (Lipinski definition) is 1. The number of halogens is 4. The topological polar surface area (TPSA) is 20.2 Å². The molecule has 1 fully saturated rings. The molecule has 0 saturated heterocycles. The fourth-order valence-electron chi connectivity index (χ4n) is 3.28. The van der Waals surface area contributed by atoms with Gasteiger partial charge in [0.1, 0.15) is 5.82 Å². The highest BCUT2D eigenvalue weighted by atomic mass is 19.4. The molecule has 5 heteroatoms. The molecule has 3 unspecified atom stereocenters. The molecule has 0 amide bonds. The third-order valence-corrected chi connectivity index (χ3v) is 4.48. The molecule has 0 radical (unpaired) electrons. The van der Waals surface area contributed by atoms with Gasteiger partial charge in [0.15, 0.2) is 0 Å². The summed E-state index contributed by atoms with van der Waals surface area (Å²) in [6.45, 7) is 2.04. The van der Waals surface area contributed by atoms with Gasteiger partial charge in [0.25, 0.3) is 0 Å². The molecule has 2 rings (SSSR count). The van der Waals surface area contributed by atoms with Gasteiger partial charge in [-0.25, -0.2) is 4.39 Å². The van der Waals surface area contributed by atoms with Gasteiger partial charge in [-0.2, -0.15) is 13.2 Å². The normalized spacial score (nSPS) is 24.9. The standard InChI is InChI=1S/C16H20F4O/c1-2-10-4-3-5-11(8-10)15(21)13-9-12(17)6-7-14(13)16(18,19)20/h6-7,9-11,15,21H,2-5,8H2,1H3. The largest absolute Gasteiger partial charge is 0.416 e. The molecule has 0 heterocycles. The van der Waals surface area contributed by atoms with Crippen molar-refractivity contribution in [3.05, 3.63) is 35.1 Å². The molecule has 0 bridgehead atoms. The van der Waals surface area contributed by atoms with E-state index in [1.54, 1.807) is 0 Å². The number of aliphatic hydroxyl groups excluding tert-OH is 1. The quantitative estimate of drug-likeness (QED) is 0.771. The van der Waals surface area contributed by atoms with Crippen molar-refractivity contribution in [1.82, 2.24) is 0 Å². The van der Waals surface area contributed by atoms with Crippen molar-refractivity contribution in [3.8, 4) is 0 Å². The van der Waals surface area contributed by atoms with Gasteiger partial charge in [-0.05, 0) is 48.4 Å². The lowest BCUT2D eigenvalue weighted by molar-refractivity contribution is -0.139. The van der Waals surface area contributed by atoms with Gasteiger partial charge in [-0.1, -0.05) is 26.2 Å². The Labute approximate surface area is 122 Å². The van der Waals surface area contributed by atoms with Crippen molar-refractivity contribution in [2.75, 3.05) is 0 Å². The van der Waals surface area contributed by atoms with E-state index in [0.29, 0.717) is 24.8 Å². The summed E-state index contributed by atoms with van der Waals surface area (Å²) in [6, 6.07) is 2.33. The third-order valence-electron chi connectivity index (χ3n) is 4.48. The molecule has 0 aromatic heterocycles. The molecule has 1 aromatic rings. The fourth-order valence-corrected chi connectivity index (χ4v) is 3.28. The minimum absolute atomic E-state index is 0.230. The molecular weight excluding hydrogens is 284 g/mol. The van der Waals surface area contributed by atoms with Crippen LogP contribution < -0.4 is 0 Å². The second-order valence-electron chi connectivity index (χ2n) is 5.88. The van der Waals surface area contributed by atoms with Gasteiger partial charge in [-0.3, -0.25) is 0 Å². The molecular formula is C16H20F4O. The summed E-state index contributed by atoms with van der Waals surface area (Å²) in [5, 5.41) is 10.4. The average molecular weight is 304 g/mol. The number of benzene rings is 1. The highest BCUT2D eigenvalue weighted by molar-refractivity contribution is 5.32. The second kappa shape index (κ2) is 6.34. The summed E-state index contributed by atoms with van der Waals surface area (Å²) in [6.07, 6.45) is -1.55. The van der Waals surface area contributed by atoms with Crippen LogP contribution in [0, 0.1) is 17.7 Å². The van der Waals surface area contributed by atoms with E-state index in [9.17, 15) is 22.7 Å². The van der Waals surface area contributed by atoms with Crippen LogP contribution in [0.4, 0.5) is 17.6 Å². The second-order valence-corrected chi connectivity index (χ2v) is 5.88. The first-order valence-electron chi connectivity index (χ1n) is 7.37. The van der Waals surface area contributed by atoms with E-state index in [2.05, 4.69) is 0 Å². The molecule has 1 aromatic carbocycles. The number of rotatable bonds is 3. The van der Waals surface area contributed by atoms with E-state index >= 15 is 0 Å². The van der Waals surface area contributed by atoms with Gasteiger partial charge in [-0.15, -0.1) is 0 Å². The van der Waals surface area contributed by atoms with Gasteiger partial charge >= 0.3 is 6.18 Å². The summed E-state index contributed by atoms with van der Waals surface area (Å²) in [7, 11) is 0. The van der Waals surface area contributed by atoms with Crippen LogP contribution in [0.5, 0.6) is 0 Å². The fraction of sp³-hybridized carbons (Fsp3) is 0.625. The van der Waals surface area contributed by atoms with Crippen LogP contribution >= 0.6 is 0 Å². The summed E-state index contributed by atoms with van der Waals surface area (Å²) >= 11 is 0. The van der Waals surface area contributed by atoms with Crippen LogP contribution in [0.25, 0.3) is 0 Å². The summed E-state index contributed by atoms with van der Waals surface area (Å²) < 4.78 is 52.4. The van der Waals surface area contributed by atoms with Crippen molar-refractivity contribution in [2.45, 2.75) is 51.3 Å². The Morgan fingerprint density at radius 3 is 2.62 bits per heavy atom. The first kappa shape index (κ1) is 16.3. The molecule has 1 nitrogen and oxygen atoms in total. The van der Waals surface area contributed by atoms with Crippen LogP contribution in [-0.4, -0.2) is 5.11 Å². The van der Waals surface area contributed by atoms with E-state index in [1.807, 2.05) is 6.92 Å². The van der Waals surface area contributed by atoms with Gasteiger partial charge in [0.05, 0.1) is 11.7 Å². The smallest absolute Gasteiger partial charge is 0.388 e. The Bertz CT molecular complexity index is 484. The SMILES string of the molecule is CCC1CCCC(C(O)c2cc(F)ccc2C(F)(F)F)C1. The van der Waals surface area contributed by atoms with Crippen molar-refractivity contribution >= 4 is 0 Å².